The largest absolute Gasteiger partial charge is 0.309 e. The van der Waals surface area contributed by atoms with Gasteiger partial charge < -0.3 is 4.57 Å². The number of hydrogen-bond donors (Lipinski definition) is 0. The summed E-state index contributed by atoms with van der Waals surface area (Å²) in [6, 6.07) is 35.8. The molecule has 0 radical (unpaired) electrons. The second-order valence-electron chi connectivity index (χ2n) is 8.19. The third-order valence-electron chi connectivity index (χ3n) is 6.08. The van der Waals surface area contributed by atoms with Crippen molar-refractivity contribution in [1.82, 2.24) is 9.78 Å². The molecule has 0 unspecified atom stereocenters. The Morgan fingerprint density at radius 3 is 1.67 bits per heavy atom. The molecule has 5 aromatic rings. The zero-order valence-corrected chi connectivity index (χ0v) is 19.6. The van der Waals surface area contributed by atoms with Crippen molar-refractivity contribution in [2.24, 2.45) is 0 Å². The van der Waals surface area contributed by atoms with Gasteiger partial charge in [-0.1, -0.05) is 78.9 Å². The van der Waals surface area contributed by atoms with Crippen molar-refractivity contribution in [3.8, 4) is 16.9 Å². The molecule has 33 heavy (non-hydrogen) atoms. The molecule has 1 heterocycles. The lowest BCUT2D eigenvalue weighted by Gasteiger charge is -2.20. The Morgan fingerprint density at radius 1 is 0.606 bits per heavy atom. The van der Waals surface area contributed by atoms with Crippen LogP contribution in [0.15, 0.2) is 115 Å². The smallest absolute Gasteiger partial charge is 0.171 e. The molecule has 162 valence electrons. The standard InChI is InChI=1S/C29H25N2OP/c1-22-10-9-11-23(2)29(22)28-20-21-30-31(28)24-16-18-27(19-17-24)33(32,25-12-5-3-6-13-25)26-14-7-4-8-15-26/h3-21H,1-2H3. The molecular weight excluding hydrogens is 423 g/mol. The molecule has 0 spiro atoms. The van der Waals surface area contributed by atoms with Gasteiger partial charge in [0, 0.05) is 21.5 Å². The van der Waals surface area contributed by atoms with Crippen molar-refractivity contribution in [1.29, 1.82) is 0 Å². The zero-order valence-electron chi connectivity index (χ0n) is 18.7. The van der Waals surface area contributed by atoms with E-state index in [4.69, 9.17) is 0 Å². The van der Waals surface area contributed by atoms with Crippen LogP contribution in [0.5, 0.6) is 0 Å². The van der Waals surface area contributed by atoms with Gasteiger partial charge in [-0.15, -0.1) is 0 Å². The van der Waals surface area contributed by atoms with Crippen LogP contribution in [0.1, 0.15) is 11.1 Å². The fourth-order valence-corrected chi connectivity index (χ4v) is 7.09. The highest BCUT2D eigenvalue weighted by molar-refractivity contribution is 7.85. The Bertz CT molecular complexity index is 1370. The van der Waals surface area contributed by atoms with E-state index in [0.29, 0.717) is 0 Å². The summed E-state index contributed by atoms with van der Waals surface area (Å²) in [5.41, 5.74) is 5.61. The van der Waals surface area contributed by atoms with Gasteiger partial charge in [-0.2, -0.15) is 5.10 Å². The van der Waals surface area contributed by atoms with E-state index in [9.17, 15) is 4.57 Å². The maximum absolute atomic E-state index is 14.6. The molecule has 0 aliphatic heterocycles. The zero-order chi connectivity index (χ0) is 22.8. The van der Waals surface area contributed by atoms with Crippen LogP contribution >= 0.6 is 7.14 Å². The second-order valence-corrected chi connectivity index (χ2v) is 11.0. The van der Waals surface area contributed by atoms with E-state index in [1.165, 1.54) is 16.7 Å². The predicted octanol–water partition coefficient (Wildman–Crippen LogP) is 5.80. The first-order valence-corrected chi connectivity index (χ1v) is 12.7. The molecule has 0 saturated carbocycles. The van der Waals surface area contributed by atoms with Crippen molar-refractivity contribution < 1.29 is 4.57 Å². The molecule has 0 atom stereocenters. The number of nitrogens with zero attached hydrogens (tertiary/aromatic N) is 2. The third-order valence-corrected chi connectivity index (χ3v) is 9.15. The molecular formula is C29H25N2OP. The highest BCUT2D eigenvalue weighted by Gasteiger charge is 2.29. The van der Waals surface area contributed by atoms with Crippen molar-refractivity contribution in [2.75, 3.05) is 0 Å². The topological polar surface area (TPSA) is 34.9 Å². The van der Waals surface area contributed by atoms with E-state index < -0.39 is 7.14 Å². The number of hydrogen-bond acceptors (Lipinski definition) is 2. The van der Waals surface area contributed by atoms with Crippen LogP contribution in [0.2, 0.25) is 0 Å². The lowest BCUT2D eigenvalue weighted by atomic mass is 10.00. The van der Waals surface area contributed by atoms with Crippen molar-refractivity contribution >= 4 is 23.1 Å². The summed E-state index contributed by atoms with van der Waals surface area (Å²) in [7, 11) is -2.99. The molecule has 5 rings (SSSR count). The SMILES string of the molecule is Cc1cccc(C)c1-c1ccnn1-c1ccc(P(=O)(c2ccccc2)c2ccccc2)cc1. The minimum absolute atomic E-state index is 0.810. The second kappa shape index (κ2) is 8.69. The van der Waals surface area contributed by atoms with Crippen LogP contribution in [0.3, 0.4) is 0 Å². The lowest BCUT2D eigenvalue weighted by molar-refractivity contribution is 0.592. The molecule has 0 amide bonds. The Hall–Kier alpha value is -3.68. The quantitative estimate of drug-likeness (QED) is 0.319. The Kier molecular flexibility index (Phi) is 5.58. The van der Waals surface area contributed by atoms with Crippen LogP contribution in [0, 0.1) is 13.8 Å². The van der Waals surface area contributed by atoms with Gasteiger partial charge in [0.05, 0.1) is 17.6 Å². The maximum Gasteiger partial charge on any atom is 0.171 e. The molecule has 0 N–H and O–H groups in total. The summed E-state index contributed by atoms with van der Waals surface area (Å²) in [4.78, 5) is 0. The van der Waals surface area contributed by atoms with Crippen LogP contribution in [-0.2, 0) is 4.57 Å². The minimum atomic E-state index is -2.99. The van der Waals surface area contributed by atoms with Gasteiger partial charge in [0.2, 0.25) is 0 Å². The van der Waals surface area contributed by atoms with E-state index in [1.54, 1.807) is 0 Å². The third kappa shape index (κ3) is 3.75. The molecule has 0 aliphatic rings. The maximum atomic E-state index is 14.6. The van der Waals surface area contributed by atoms with Gasteiger partial charge >= 0.3 is 0 Å². The first-order chi connectivity index (χ1) is 16.1. The summed E-state index contributed by atoms with van der Waals surface area (Å²) >= 11 is 0. The van der Waals surface area contributed by atoms with Crippen molar-refractivity contribution in [3.63, 3.8) is 0 Å². The van der Waals surface area contributed by atoms with E-state index in [-0.39, 0.29) is 0 Å². The van der Waals surface area contributed by atoms with Crippen LogP contribution in [0.25, 0.3) is 16.9 Å². The van der Waals surface area contributed by atoms with Crippen LogP contribution in [-0.4, -0.2) is 9.78 Å². The first kappa shape index (κ1) is 21.2. The van der Waals surface area contributed by atoms with Crippen molar-refractivity contribution in [2.45, 2.75) is 13.8 Å². The molecule has 4 aromatic carbocycles. The monoisotopic (exact) mass is 448 g/mol. The first-order valence-electron chi connectivity index (χ1n) is 11.0. The van der Waals surface area contributed by atoms with E-state index in [1.807, 2.05) is 102 Å². The molecule has 0 aliphatic carbocycles. The minimum Gasteiger partial charge on any atom is -0.309 e. The number of benzene rings is 4. The van der Waals surface area contributed by atoms with Gasteiger partial charge in [0.1, 0.15) is 0 Å². The predicted molar refractivity (Wildman–Crippen MR) is 138 cm³/mol. The van der Waals surface area contributed by atoms with Crippen LogP contribution < -0.4 is 15.9 Å². The van der Waals surface area contributed by atoms with E-state index in [2.05, 4.69) is 37.1 Å². The highest BCUT2D eigenvalue weighted by Crippen LogP contribution is 2.42. The summed E-state index contributed by atoms with van der Waals surface area (Å²) in [5.74, 6) is 0. The molecule has 0 saturated heterocycles. The van der Waals surface area contributed by atoms with E-state index >= 15 is 0 Å². The molecule has 0 fully saturated rings. The highest BCUT2D eigenvalue weighted by atomic mass is 31.2. The lowest BCUT2D eigenvalue weighted by Crippen LogP contribution is -2.25. The normalized spacial score (nSPS) is 11.5. The Labute approximate surface area is 194 Å². The summed E-state index contributed by atoms with van der Waals surface area (Å²) in [6.07, 6.45) is 1.83. The number of aromatic nitrogens is 2. The number of rotatable bonds is 5. The fraction of sp³-hybridized carbons (Fsp3) is 0.0690. The average Bonchev–Trinajstić information content (AvgIpc) is 3.34. The van der Waals surface area contributed by atoms with Crippen molar-refractivity contribution in [3.05, 3.63) is 127 Å². The molecule has 1 aromatic heterocycles. The van der Waals surface area contributed by atoms with Gasteiger partial charge in [0.15, 0.2) is 7.14 Å². The fourth-order valence-electron chi connectivity index (χ4n) is 4.44. The van der Waals surface area contributed by atoms with Gasteiger partial charge in [-0.3, -0.25) is 0 Å². The Morgan fingerprint density at radius 2 is 1.12 bits per heavy atom. The molecule has 4 heteroatoms. The van der Waals surface area contributed by atoms with Gasteiger partial charge in [-0.25, -0.2) is 4.68 Å². The molecule has 3 nitrogen and oxygen atoms in total. The summed E-state index contributed by atoms with van der Waals surface area (Å²) in [5, 5.41) is 7.08. The summed E-state index contributed by atoms with van der Waals surface area (Å²) < 4.78 is 16.5. The van der Waals surface area contributed by atoms with E-state index in [0.717, 1.165) is 27.3 Å². The van der Waals surface area contributed by atoms with Gasteiger partial charge in [-0.05, 0) is 55.3 Å². The Balaban J connectivity index is 1.61. The summed E-state index contributed by atoms with van der Waals surface area (Å²) in [6.45, 7) is 4.25. The number of aryl methyl sites for hydroxylation is 2. The average molecular weight is 449 g/mol. The van der Waals surface area contributed by atoms with Crippen LogP contribution in [0.4, 0.5) is 0 Å². The van der Waals surface area contributed by atoms with Gasteiger partial charge in [0.25, 0.3) is 0 Å². The molecule has 0 bridgehead atoms.